The van der Waals surface area contributed by atoms with Crippen molar-refractivity contribution in [3.8, 4) is 17.1 Å². The Morgan fingerprint density at radius 2 is 1.60 bits per heavy atom. The molecule has 0 radical (unpaired) electrons. The van der Waals surface area contributed by atoms with Gasteiger partial charge in [-0.3, -0.25) is 4.79 Å². The number of nitrogens with one attached hydrogen (secondary N) is 1. The molecule has 0 bridgehead atoms. The average molecular weight is 549 g/mol. The van der Waals surface area contributed by atoms with Gasteiger partial charge < -0.3 is 14.6 Å². The first-order valence-corrected chi connectivity index (χ1v) is 14.1. The Kier molecular flexibility index (Phi) is 8.62. The van der Waals surface area contributed by atoms with Crippen LogP contribution in [0.1, 0.15) is 27.5 Å². The number of hydrogen-bond donors (Lipinski definition) is 1. The fraction of sp³-hybridized carbons (Fsp3) is 0.182. The minimum absolute atomic E-state index is 0.103. The lowest BCUT2D eigenvalue weighted by Gasteiger charge is -2.19. The van der Waals surface area contributed by atoms with Crippen molar-refractivity contribution in [1.29, 1.82) is 0 Å². The summed E-state index contributed by atoms with van der Waals surface area (Å²) in [6.45, 7) is 4.69. The van der Waals surface area contributed by atoms with Crippen LogP contribution in [0.4, 0.5) is 5.69 Å². The SMILES string of the molecule is COc1ccc(-c2nnc(S[C@@H](C(=O)Nc3cc(C)ccc3C)c3ccccc3)n2CCc2ccccc2)cc1. The van der Waals surface area contributed by atoms with Gasteiger partial charge in [0.05, 0.1) is 7.11 Å². The first kappa shape index (κ1) is 27.2. The molecule has 1 N–H and O–H groups in total. The second-order valence-corrected chi connectivity index (χ2v) is 10.7. The van der Waals surface area contributed by atoms with Gasteiger partial charge in [0.2, 0.25) is 5.91 Å². The third kappa shape index (κ3) is 6.43. The second kappa shape index (κ2) is 12.7. The number of thioether (sulfide) groups is 1. The number of aryl methyl sites for hydroxylation is 3. The molecule has 0 aliphatic carbocycles. The molecule has 5 rings (SSSR count). The molecule has 0 saturated heterocycles. The maximum atomic E-state index is 13.8. The molecule has 40 heavy (non-hydrogen) atoms. The molecule has 202 valence electrons. The first-order valence-electron chi connectivity index (χ1n) is 13.2. The van der Waals surface area contributed by atoms with Crippen molar-refractivity contribution in [2.45, 2.75) is 37.2 Å². The lowest BCUT2D eigenvalue weighted by molar-refractivity contribution is -0.115. The van der Waals surface area contributed by atoms with Gasteiger partial charge in [0.15, 0.2) is 11.0 Å². The molecule has 0 aliphatic rings. The number of rotatable bonds is 10. The molecule has 1 heterocycles. The van der Waals surface area contributed by atoms with E-state index in [0.29, 0.717) is 11.7 Å². The van der Waals surface area contributed by atoms with Crippen LogP contribution in [0.5, 0.6) is 5.75 Å². The Bertz CT molecular complexity index is 1570. The lowest BCUT2D eigenvalue weighted by Crippen LogP contribution is -2.20. The number of hydrogen-bond acceptors (Lipinski definition) is 5. The average Bonchev–Trinajstić information content (AvgIpc) is 3.40. The van der Waals surface area contributed by atoms with Gasteiger partial charge in [-0.2, -0.15) is 0 Å². The van der Waals surface area contributed by atoms with Crippen LogP contribution in [0, 0.1) is 13.8 Å². The molecule has 1 atom stereocenters. The van der Waals surface area contributed by atoms with E-state index in [-0.39, 0.29) is 5.91 Å². The van der Waals surface area contributed by atoms with E-state index in [0.717, 1.165) is 45.9 Å². The molecular weight excluding hydrogens is 516 g/mol. The van der Waals surface area contributed by atoms with Crippen LogP contribution >= 0.6 is 11.8 Å². The summed E-state index contributed by atoms with van der Waals surface area (Å²) in [5.74, 6) is 1.43. The van der Waals surface area contributed by atoms with Crippen LogP contribution in [-0.2, 0) is 17.8 Å². The Balaban J connectivity index is 1.50. The number of aromatic nitrogens is 3. The summed E-state index contributed by atoms with van der Waals surface area (Å²) in [6, 6.07) is 34.1. The molecule has 0 fully saturated rings. The molecule has 0 aliphatic heterocycles. The van der Waals surface area contributed by atoms with Crippen molar-refractivity contribution in [2.75, 3.05) is 12.4 Å². The highest BCUT2D eigenvalue weighted by molar-refractivity contribution is 8.00. The van der Waals surface area contributed by atoms with Crippen molar-refractivity contribution in [3.63, 3.8) is 0 Å². The van der Waals surface area contributed by atoms with Crippen LogP contribution in [0.15, 0.2) is 108 Å². The highest BCUT2D eigenvalue weighted by Crippen LogP contribution is 2.37. The van der Waals surface area contributed by atoms with Crippen LogP contribution in [0.25, 0.3) is 11.4 Å². The summed E-state index contributed by atoms with van der Waals surface area (Å²) in [4.78, 5) is 13.8. The number of amides is 1. The Morgan fingerprint density at radius 3 is 2.30 bits per heavy atom. The van der Waals surface area contributed by atoms with E-state index in [2.05, 4.69) is 32.2 Å². The second-order valence-electron chi connectivity index (χ2n) is 9.64. The van der Waals surface area contributed by atoms with Gasteiger partial charge in [-0.05, 0) is 72.9 Å². The van der Waals surface area contributed by atoms with E-state index in [4.69, 9.17) is 4.74 Å². The Hall–Kier alpha value is -4.36. The minimum atomic E-state index is -0.524. The smallest absolute Gasteiger partial charge is 0.242 e. The number of anilines is 1. The van der Waals surface area contributed by atoms with Gasteiger partial charge in [-0.1, -0.05) is 84.6 Å². The zero-order valence-electron chi connectivity index (χ0n) is 22.9. The lowest BCUT2D eigenvalue weighted by atomic mass is 10.1. The van der Waals surface area contributed by atoms with Gasteiger partial charge in [0.1, 0.15) is 11.0 Å². The molecule has 5 aromatic rings. The largest absolute Gasteiger partial charge is 0.497 e. The van der Waals surface area contributed by atoms with Crippen LogP contribution in [0.2, 0.25) is 0 Å². The number of carbonyl (C=O) groups excluding carboxylic acids is 1. The van der Waals surface area contributed by atoms with Crippen molar-refractivity contribution >= 4 is 23.4 Å². The van der Waals surface area contributed by atoms with E-state index in [1.54, 1.807) is 7.11 Å². The summed E-state index contributed by atoms with van der Waals surface area (Å²) in [6.07, 6.45) is 0.806. The molecule has 0 spiro atoms. The summed E-state index contributed by atoms with van der Waals surface area (Å²) >= 11 is 1.42. The van der Waals surface area contributed by atoms with E-state index in [1.165, 1.54) is 17.3 Å². The summed E-state index contributed by atoms with van der Waals surface area (Å²) < 4.78 is 7.46. The fourth-order valence-corrected chi connectivity index (χ4v) is 5.55. The van der Waals surface area contributed by atoms with Crippen molar-refractivity contribution in [3.05, 3.63) is 125 Å². The maximum absolute atomic E-state index is 13.8. The van der Waals surface area contributed by atoms with Gasteiger partial charge in [-0.25, -0.2) is 0 Å². The minimum Gasteiger partial charge on any atom is -0.497 e. The van der Waals surface area contributed by atoms with Crippen LogP contribution < -0.4 is 10.1 Å². The molecule has 1 amide bonds. The summed E-state index contributed by atoms with van der Waals surface area (Å²) in [5, 5.41) is 12.5. The predicted octanol–water partition coefficient (Wildman–Crippen LogP) is 7.29. The standard InChI is InChI=1S/C33H32N4O2S/c1-23-14-15-24(2)29(22-23)34-32(38)30(26-12-8-5-9-13-26)40-33-36-35-31(27-16-18-28(39-3)19-17-27)37(33)21-20-25-10-6-4-7-11-25/h4-19,22,30H,20-21H2,1-3H3,(H,34,38)/t30-/m1/s1. The number of benzene rings is 4. The molecular formula is C33H32N4O2S. The van der Waals surface area contributed by atoms with Crippen LogP contribution in [-0.4, -0.2) is 27.8 Å². The zero-order chi connectivity index (χ0) is 27.9. The highest BCUT2D eigenvalue weighted by Gasteiger charge is 2.26. The third-order valence-electron chi connectivity index (χ3n) is 6.75. The fourth-order valence-electron chi connectivity index (χ4n) is 4.49. The molecule has 0 unspecified atom stereocenters. The van der Waals surface area contributed by atoms with E-state index < -0.39 is 5.25 Å². The zero-order valence-corrected chi connectivity index (χ0v) is 23.7. The van der Waals surface area contributed by atoms with E-state index >= 15 is 0 Å². The highest BCUT2D eigenvalue weighted by atomic mass is 32.2. The van der Waals surface area contributed by atoms with Crippen molar-refractivity contribution < 1.29 is 9.53 Å². The Morgan fingerprint density at radius 1 is 0.900 bits per heavy atom. The molecule has 4 aromatic carbocycles. The number of ether oxygens (including phenoxy) is 1. The first-order chi connectivity index (χ1) is 19.5. The predicted molar refractivity (Wildman–Crippen MR) is 162 cm³/mol. The molecule has 7 heteroatoms. The van der Waals surface area contributed by atoms with Crippen LogP contribution in [0.3, 0.4) is 0 Å². The van der Waals surface area contributed by atoms with Crippen molar-refractivity contribution in [2.24, 2.45) is 0 Å². The summed E-state index contributed by atoms with van der Waals surface area (Å²) in [7, 11) is 1.65. The summed E-state index contributed by atoms with van der Waals surface area (Å²) in [5.41, 5.74) is 5.98. The normalized spacial score (nSPS) is 11.7. The van der Waals surface area contributed by atoms with Crippen molar-refractivity contribution in [1.82, 2.24) is 14.8 Å². The van der Waals surface area contributed by atoms with Gasteiger partial charge >= 0.3 is 0 Å². The molecule has 1 aromatic heterocycles. The monoisotopic (exact) mass is 548 g/mol. The van der Waals surface area contributed by atoms with Gasteiger partial charge in [0, 0.05) is 17.8 Å². The number of carbonyl (C=O) groups is 1. The Labute approximate surface area is 239 Å². The number of methoxy groups -OCH3 is 1. The van der Waals surface area contributed by atoms with Gasteiger partial charge in [-0.15, -0.1) is 10.2 Å². The maximum Gasteiger partial charge on any atom is 0.242 e. The third-order valence-corrected chi connectivity index (χ3v) is 7.98. The molecule has 0 saturated carbocycles. The van der Waals surface area contributed by atoms with E-state index in [1.807, 2.05) is 105 Å². The molecule has 6 nitrogen and oxygen atoms in total. The topological polar surface area (TPSA) is 69.0 Å². The number of nitrogens with zero attached hydrogens (tertiary/aromatic N) is 3. The van der Waals surface area contributed by atoms with E-state index in [9.17, 15) is 4.79 Å². The quantitative estimate of drug-likeness (QED) is 0.186. The van der Waals surface area contributed by atoms with Gasteiger partial charge in [0.25, 0.3) is 0 Å².